The molecule has 0 bridgehead atoms. The molecule has 7 heteroatoms. The second-order valence-corrected chi connectivity index (χ2v) is 5.94. The van der Waals surface area contributed by atoms with Gasteiger partial charge in [0.05, 0.1) is 37.6 Å². The van der Waals surface area contributed by atoms with Crippen molar-refractivity contribution in [2.45, 2.75) is 30.7 Å². The summed E-state index contributed by atoms with van der Waals surface area (Å²) in [6, 6.07) is 6.71. The van der Waals surface area contributed by atoms with E-state index in [1.807, 2.05) is 0 Å². The van der Waals surface area contributed by atoms with Crippen molar-refractivity contribution >= 4 is 0 Å². The van der Waals surface area contributed by atoms with Gasteiger partial charge in [-0.05, 0) is 24.3 Å². The van der Waals surface area contributed by atoms with Gasteiger partial charge in [-0.1, -0.05) is 18.2 Å². The quantitative estimate of drug-likeness (QED) is 0.502. The third-order valence-electron chi connectivity index (χ3n) is 4.08. The van der Waals surface area contributed by atoms with Crippen LogP contribution in [0.1, 0.15) is 4.11 Å². The fourth-order valence-corrected chi connectivity index (χ4v) is 2.81. The molecular weight excluding hydrogens is 376 g/mol. The molecule has 0 amide bonds. The normalized spacial score (nSPS) is 31.2. The number of aliphatic hydroxyl groups excluding tert-OH is 1. The van der Waals surface area contributed by atoms with Crippen LogP contribution in [0.5, 0.6) is 11.5 Å². The van der Waals surface area contributed by atoms with Crippen LogP contribution in [-0.2, 0) is 18.9 Å². The average Bonchev–Trinajstić information content (AvgIpc) is 2.82. The van der Waals surface area contributed by atoms with Gasteiger partial charge < -0.3 is 33.5 Å². The lowest BCUT2D eigenvalue weighted by Gasteiger charge is -2.45. The number of benzene rings is 1. The second kappa shape index (κ2) is 12.4. The Morgan fingerprint density at radius 2 is 1.45 bits per heavy atom. The predicted molar refractivity (Wildman–Crippen MR) is 109 cm³/mol. The summed E-state index contributed by atoms with van der Waals surface area (Å²) in [4.78, 5) is 0. The standard InChI is InChI=1S/C22H30O7/c1-5-12-25-19-18(15-23)29-22(28-17-10-8-16(24-4)9-11-17)21(27-14-7-3)20(19)26-13-6-2/h5-11,18-23H,1-3,12-15H2,4H3/t18-,19+,20+,21-,22?/m1/s1/i12D,13D,14D/t12?,13?,14?,18-,19+,20+,21-,22?. The number of aliphatic hydroxyl groups is 1. The van der Waals surface area contributed by atoms with Crippen molar-refractivity contribution in [1.29, 1.82) is 0 Å². The van der Waals surface area contributed by atoms with Gasteiger partial charge in [-0.25, -0.2) is 0 Å². The summed E-state index contributed by atoms with van der Waals surface area (Å²) in [5.41, 5.74) is 0. The molecule has 0 aliphatic carbocycles. The summed E-state index contributed by atoms with van der Waals surface area (Å²) in [5, 5.41) is 9.94. The van der Waals surface area contributed by atoms with Gasteiger partial charge >= 0.3 is 0 Å². The lowest BCUT2D eigenvalue weighted by molar-refractivity contribution is -0.298. The summed E-state index contributed by atoms with van der Waals surface area (Å²) < 4.78 is 58.1. The molecule has 2 rings (SSSR count). The Kier molecular flexibility index (Phi) is 8.06. The Morgan fingerprint density at radius 1 is 0.931 bits per heavy atom. The van der Waals surface area contributed by atoms with E-state index in [0.717, 1.165) is 0 Å². The third-order valence-corrected chi connectivity index (χ3v) is 4.08. The predicted octanol–water partition coefficient (Wildman–Crippen LogP) is 2.50. The van der Waals surface area contributed by atoms with E-state index in [9.17, 15) is 5.11 Å². The van der Waals surface area contributed by atoms with Crippen LogP contribution in [-0.4, -0.2) is 69.3 Å². The van der Waals surface area contributed by atoms with Crippen LogP contribution in [0.4, 0.5) is 0 Å². The van der Waals surface area contributed by atoms with Gasteiger partial charge in [0, 0.05) is 0 Å². The van der Waals surface area contributed by atoms with E-state index in [4.69, 9.17) is 32.5 Å². The highest BCUT2D eigenvalue weighted by molar-refractivity contribution is 5.31. The Balaban J connectivity index is 2.41. The van der Waals surface area contributed by atoms with Crippen molar-refractivity contribution < 1.29 is 37.6 Å². The lowest BCUT2D eigenvalue weighted by Crippen LogP contribution is -2.62. The maximum Gasteiger partial charge on any atom is 0.229 e. The number of ether oxygens (including phenoxy) is 6. The largest absolute Gasteiger partial charge is 0.497 e. The van der Waals surface area contributed by atoms with Crippen molar-refractivity contribution in [3.8, 4) is 11.5 Å². The van der Waals surface area contributed by atoms with E-state index in [2.05, 4.69) is 19.7 Å². The summed E-state index contributed by atoms with van der Waals surface area (Å²) in [6.45, 7) is 6.66. The van der Waals surface area contributed by atoms with E-state index < -0.39 is 57.1 Å². The number of methoxy groups -OCH3 is 1. The van der Waals surface area contributed by atoms with Crippen LogP contribution >= 0.6 is 0 Å². The summed E-state index contributed by atoms with van der Waals surface area (Å²) >= 11 is 0. The topological polar surface area (TPSA) is 75.6 Å². The minimum absolute atomic E-state index is 0.412. The van der Waals surface area contributed by atoms with Crippen LogP contribution in [0.2, 0.25) is 0 Å². The van der Waals surface area contributed by atoms with Crippen LogP contribution < -0.4 is 9.47 Å². The Labute approximate surface area is 176 Å². The van der Waals surface area contributed by atoms with Crippen molar-refractivity contribution in [1.82, 2.24) is 0 Å². The number of hydrogen-bond donors (Lipinski definition) is 1. The first-order chi connectivity index (χ1) is 15.4. The van der Waals surface area contributed by atoms with Crippen molar-refractivity contribution in [3.63, 3.8) is 0 Å². The first-order valence-electron chi connectivity index (χ1n) is 10.8. The Morgan fingerprint density at radius 3 is 1.97 bits per heavy atom. The zero-order chi connectivity index (χ0) is 23.7. The molecule has 29 heavy (non-hydrogen) atoms. The minimum atomic E-state index is -1.17. The number of rotatable bonds is 13. The highest BCUT2D eigenvalue weighted by Crippen LogP contribution is 2.30. The molecule has 0 spiro atoms. The zero-order valence-electron chi connectivity index (χ0n) is 19.4. The number of hydrogen-bond acceptors (Lipinski definition) is 7. The fourth-order valence-electron chi connectivity index (χ4n) is 2.81. The van der Waals surface area contributed by atoms with Crippen LogP contribution in [0.15, 0.2) is 62.2 Å². The van der Waals surface area contributed by atoms with E-state index in [0.29, 0.717) is 11.5 Å². The fraction of sp³-hybridized carbons (Fsp3) is 0.455. The molecule has 4 unspecified atom stereocenters. The first kappa shape index (κ1) is 18.8. The maximum absolute atomic E-state index is 9.94. The average molecular weight is 409 g/mol. The molecule has 160 valence electrons. The third kappa shape index (κ3) is 6.42. The molecule has 0 saturated carbocycles. The Bertz CT molecular complexity index is 733. The monoisotopic (exact) mass is 409 g/mol. The molecule has 1 saturated heterocycles. The summed E-state index contributed by atoms with van der Waals surface area (Å²) in [7, 11) is 1.54. The molecule has 1 fully saturated rings. The minimum Gasteiger partial charge on any atom is -0.497 e. The SMILES string of the molecule is [2H]C(C=C)O[C@@H]1[C@H](OC([2H])C=C)[C@@H](OC([2H])C=C)C(Oc2ccc(OC)cc2)O[C@@H]1CO. The summed E-state index contributed by atoms with van der Waals surface area (Å²) in [5.74, 6) is 1.04. The van der Waals surface area contributed by atoms with Gasteiger partial charge in [-0.15, -0.1) is 19.7 Å². The molecular formula is C22H30O7. The van der Waals surface area contributed by atoms with E-state index in [1.54, 1.807) is 31.4 Å². The summed E-state index contributed by atoms with van der Waals surface area (Å²) in [6.07, 6.45) is -1.48. The van der Waals surface area contributed by atoms with Gasteiger partial charge in [-0.2, -0.15) is 0 Å². The molecule has 1 aliphatic rings. The van der Waals surface area contributed by atoms with E-state index >= 15 is 0 Å². The molecule has 7 nitrogen and oxygen atoms in total. The Hall–Kier alpha value is -2.16. The maximum atomic E-state index is 9.94. The van der Waals surface area contributed by atoms with Gasteiger partial charge in [0.2, 0.25) is 6.29 Å². The van der Waals surface area contributed by atoms with Gasteiger partial charge in [0.25, 0.3) is 0 Å². The first-order valence-corrected chi connectivity index (χ1v) is 9.04. The molecule has 1 aromatic rings. The van der Waals surface area contributed by atoms with Crippen LogP contribution in [0.3, 0.4) is 0 Å². The smallest absolute Gasteiger partial charge is 0.229 e. The molecule has 1 aliphatic heterocycles. The lowest BCUT2D eigenvalue weighted by atomic mass is 9.98. The molecule has 8 atom stereocenters. The van der Waals surface area contributed by atoms with Crippen LogP contribution in [0, 0.1) is 0 Å². The van der Waals surface area contributed by atoms with Crippen molar-refractivity contribution in [2.24, 2.45) is 0 Å². The molecule has 1 heterocycles. The van der Waals surface area contributed by atoms with Crippen LogP contribution in [0.25, 0.3) is 0 Å². The van der Waals surface area contributed by atoms with Gasteiger partial charge in [0.15, 0.2) is 0 Å². The molecule has 0 radical (unpaired) electrons. The van der Waals surface area contributed by atoms with Gasteiger partial charge in [-0.3, -0.25) is 0 Å². The van der Waals surface area contributed by atoms with Gasteiger partial charge in [0.1, 0.15) is 35.9 Å². The van der Waals surface area contributed by atoms with E-state index in [-0.39, 0.29) is 0 Å². The molecule has 1 aromatic carbocycles. The molecule has 0 aromatic heterocycles. The van der Waals surface area contributed by atoms with Crippen molar-refractivity contribution in [2.75, 3.05) is 33.5 Å². The van der Waals surface area contributed by atoms with E-state index in [1.165, 1.54) is 18.2 Å². The zero-order valence-corrected chi connectivity index (χ0v) is 16.4. The van der Waals surface area contributed by atoms with Crippen molar-refractivity contribution in [3.05, 3.63) is 62.2 Å². The highest BCUT2D eigenvalue weighted by Gasteiger charge is 2.49. The molecule has 1 N–H and O–H groups in total. The second-order valence-electron chi connectivity index (χ2n) is 5.94. The highest BCUT2D eigenvalue weighted by atomic mass is 16.7.